The minimum Gasteiger partial charge on any atom is -0.435 e. The first-order chi connectivity index (χ1) is 12.1. The van der Waals surface area contributed by atoms with Gasteiger partial charge >= 0.3 is 6.61 Å². The van der Waals surface area contributed by atoms with Crippen molar-refractivity contribution in [2.45, 2.75) is 19.5 Å². The summed E-state index contributed by atoms with van der Waals surface area (Å²) < 4.78 is 30.0. The quantitative estimate of drug-likeness (QED) is 0.677. The van der Waals surface area contributed by atoms with Crippen LogP contribution in [0.25, 0.3) is 10.1 Å². The van der Waals surface area contributed by atoms with Crippen molar-refractivity contribution in [1.29, 1.82) is 0 Å². The molecule has 1 heterocycles. The summed E-state index contributed by atoms with van der Waals surface area (Å²) in [4.78, 5) is 12.0. The third kappa shape index (κ3) is 4.76. The zero-order chi connectivity index (χ0) is 17.6. The number of carbonyl (C=O) groups excluding carboxylic acids is 1. The number of benzene rings is 2. The van der Waals surface area contributed by atoms with E-state index in [9.17, 15) is 13.6 Å². The van der Waals surface area contributed by atoms with Gasteiger partial charge in [0.25, 0.3) is 0 Å². The van der Waals surface area contributed by atoms with Gasteiger partial charge in [0.05, 0.1) is 6.42 Å². The lowest BCUT2D eigenvalue weighted by Crippen LogP contribution is -2.27. The molecule has 0 atom stereocenters. The number of nitrogens with one attached hydrogen (secondary N) is 1. The van der Waals surface area contributed by atoms with Crippen LogP contribution >= 0.6 is 11.3 Å². The zero-order valence-electron chi connectivity index (χ0n) is 13.4. The summed E-state index contributed by atoms with van der Waals surface area (Å²) in [6, 6.07) is 14.4. The van der Waals surface area contributed by atoms with Crippen LogP contribution in [0.4, 0.5) is 8.78 Å². The molecule has 0 aliphatic rings. The van der Waals surface area contributed by atoms with Gasteiger partial charge in [-0.15, -0.1) is 11.3 Å². The zero-order valence-corrected chi connectivity index (χ0v) is 14.2. The topological polar surface area (TPSA) is 38.3 Å². The number of rotatable bonds is 7. The van der Waals surface area contributed by atoms with Crippen LogP contribution in [0.5, 0.6) is 5.75 Å². The molecule has 0 saturated carbocycles. The van der Waals surface area contributed by atoms with Crippen molar-refractivity contribution in [3.05, 3.63) is 65.0 Å². The second kappa shape index (κ2) is 8.07. The first-order valence-electron chi connectivity index (χ1n) is 7.87. The maximum atomic E-state index is 12.2. The number of hydrogen-bond acceptors (Lipinski definition) is 3. The Morgan fingerprint density at radius 2 is 2.00 bits per heavy atom. The molecule has 1 amide bonds. The molecule has 1 N–H and O–H groups in total. The van der Waals surface area contributed by atoms with E-state index in [2.05, 4.69) is 27.6 Å². The Kier molecular flexibility index (Phi) is 5.60. The molecule has 3 nitrogen and oxygen atoms in total. The predicted octanol–water partition coefficient (Wildman–Crippen LogP) is 4.40. The van der Waals surface area contributed by atoms with E-state index in [1.807, 2.05) is 12.1 Å². The Balaban J connectivity index is 1.51. The first-order valence-corrected chi connectivity index (χ1v) is 8.75. The Morgan fingerprint density at radius 1 is 1.16 bits per heavy atom. The smallest absolute Gasteiger partial charge is 0.387 e. The lowest BCUT2D eigenvalue weighted by Gasteiger charge is -2.08. The van der Waals surface area contributed by atoms with Crippen molar-refractivity contribution in [3.8, 4) is 5.75 Å². The lowest BCUT2D eigenvalue weighted by atomic mass is 10.1. The van der Waals surface area contributed by atoms with Crippen molar-refractivity contribution < 1.29 is 18.3 Å². The molecule has 3 rings (SSSR count). The molecule has 0 spiro atoms. The minimum absolute atomic E-state index is 0.0602. The van der Waals surface area contributed by atoms with Crippen LogP contribution in [0.1, 0.15) is 11.1 Å². The normalized spacial score (nSPS) is 11.0. The van der Waals surface area contributed by atoms with Gasteiger partial charge in [0.15, 0.2) is 0 Å². The lowest BCUT2D eigenvalue weighted by molar-refractivity contribution is -0.120. The van der Waals surface area contributed by atoms with Gasteiger partial charge in [-0.1, -0.05) is 30.3 Å². The predicted molar refractivity (Wildman–Crippen MR) is 95.3 cm³/mol. The second-order valence-electron chi connectivity index (χ2n) is 5.56. The molecule has 1 aromatic heterocycles. The summed E-state index contributed by atoms with van der Waals surface area (Å²) in [6.07, 6.45) is 0.884. The van der Waals surface area contributed by atoms with Crippen LogP contribution in [0.15, 0.2) is 53.9 Å². The minimum atomic E-state index is -2.87. The Hall–Kier alpha value is -2.47. The average molecular weight is 361 g/mol. The molecule has 25 heavy (non-hydrogen) atoms. The van der Waals surface area contributed by atoms with Gasteiger partial charge in [0.1, 0.15) is 5.75 Å². The van der Waals surface area contributed by atoms with Crippen molar-refractivity contribution in [3.63, 3.8) is 0 Å². The molecular weight excluding hydrogens is 344 g/mol. The number of amides is 1. The Labute approximate surface area is 148 Å². The van der Waals surface area contributed by atoms with Crippen molar-refractivity contribution in [2.75, 3.05) is 6.54 Å². The molecule has 0 saturated heterocycles. The van der Waals surface area contributed by atoms with Crippen LogP contribution in [0.2, 0.25) is 0 Å². The Bertz CT molecular complexity index is 863. The van der Waals surface area contributed by atoms with Crippen molar-refractivity contribution in [1.82, 2.24) is 5.32 Å². The van der Waals surface area contributed by atoms with Crippen LogP contribution in [-0.2, 0) is 17.6 Å². The van der Waals surface area contributed by atoms with Gasteiger partial charge in [0.2, 0.25) is 5.91 Å². The number of fused-ring (bicyclic) bond motifs is 1. The monoisotopic (exact) mass is 361 g/mol. The largest absolute Gasteiger partial charge is 0.435 e. The highest BCUT2D eigenvalue weighted by molar-refractivity contribution is 7.17. The summed E-state index contributed by atoms with van der Waals surface area (Å²) in [6.45, 7) is -2.34. The van der Waals surface area contributed by atoms with Crippen LogP contribution in [0, 0.1) is 0 Å². The molecular formula is C19H17F2NO2S. The highest BCUT2D eigenvalue weighted by Gasteiger charge is 2.08. The molecule has 2 aromatic carbocycles. The van der Waals surface area contributed by atoms with Gasteiger partial charge in [-0.3, -0.25) is 4.79 Å². The number of thiophene rings is 1. The molecule has 0 aliphatic heterocycles. The fourth-order valence-corrected chi connectivity index (χ4v) is 3.64. The molecule has 3 aromatic rings. The molecule has 0 fully saturated rings. The first kappa shape index (κ1) is 17.4. The maximum absolute atomic E-state index is 12.2. The molecule has 0 aliphatic carbocycles. The summed E-state index contributed by atoms with van der Waals surface area (Å²) >= 11 is 1.69. The molecule has 0 bridgehead atoms. The van der Waals surface area contributed by atoms with Crippen molar-refractivity contribution in [2.24, 2.45) is 0 Å². The van der Waals surface area contributed by atoms with Crippen LogP contribution in [0.3, 0.4) is 0 Å². The number of hydrogen-bond donors (Lipinski definition) is 1. The fraction of sp³-hybridized carbons (Fsp3) is 0.211. The maximum Gasteiger partial charge on any atom is 0.387 e. The van der Waals surface area contributed by atoms with Crippen LogP contribution < -0.4 is 10.1 Å². The van der Waals surface area contributed by atoms with E-state index in [1.54, 1.807) is 23.5 Å². The van der Waals surface area contributed by atoms with E-state index < -0.39 is 6.61 Å². The molecule has 130 valence electrons. The third-order valence-electron chi connectivity index (χ3n) is 3.77. The second-order valence-corrected chi connectivity index (χ2v) is 6.47. The summed E-state index contributed by atoms with van der Waals surface area (Å²) in [7, 11) is 0. The molecule has 0 unspecified atom stereocenters. The summed E-state index contributed by atoms with van der Waals surface area (Å²) in [5.74, 6) is -0.0845. The number of alkyl halides is 2. The van der Waals surface area contributed by atoms with Gasteiger partial charge in [-0.2, -0.15) is 8.78 Å². The number of carbonyl (C=O) groups is 1. The van der Waals surface area contributed by atoms with Gasteiger partial charge in [0, 0.05) is 11.2 Å². The highest BCUT2D eigenvalue weighted by Crippen LogP contribution is 2.25. The highest BCUT2D eigenvalue weighted by atomic mass is 32.1. The Morgan fingerprint density at radius 3 is 2.84 bits per heavy atom. The average Bonchev–Trinajstić information content (AvgIpc) is 2.98. The standard InChI is InChI=1S/C19H17F2NO2S/c20-19(21)24-15-5-3-4-13(10-15)11-18(23)22-9-8-14-12-25-17-7-2-1-6-16(14)17/h1-7,10,12,19H,8-9,11H2,(H,22,23). The van der Waals surface area contributed by atoms with Crippen LogP contribution in [-0.4, -0.2) is 19.1 Å². The van der Waals surface area contributed by atoms with E-state index in [-0.39, 0.29) is 18.1 Å². The van der Waals surface area contributed by atoms with Gasteiger partial charge < -0.3 is 10.1 Å². The number of halogens is 2. The molecule has 0 radical (unpaired) electrons. The number of ether oxygens (including phenoxy) is 1. The third-order valence-corrected chi connectivity index (χ3v) is 4.78. The summed E-state index contributed by atoms with van der Waals surface area (Å²) in [5, 5.41) is 6.21. The van der Waals surface area contributed by atoms with E-state index in [0.29, 0.717) is 12.1 Å². The van der Waals surface area contributed by atoms with E-state index >= 15 is 0 Å². The van der Waals surface area contributed by atoms with Gasteiger partial charge in [-0.25, -0.2) is 0 Å². The fourth-order valence-electron chi connectivity index (χ4n) is 2.64. The molecule has 6 heteroatoms. The van der Waals surface area contributed by atoms with E-state index in [0.717, 1.165) is 6.42 Å². The van der Waals surface area contributed by atoms with Crippen molar-refractivity contribution >= 4 is 27.3 Å². The van der Waals surface area contributed by atoms with Gasteiger partial charge in [-0.05, 0) is 46.5 Å². The summed E-state index contributed by atoms with van der Waals surface area (Å²) in [5.41, 5.74) is 1.85. The SMILES string of the molecule is O=C(Cc1cccc(OC(F)F)c1)NCCc1csc2ccccc12. The van der Waals surface area contributed by atoms with E-state index in [4.69, 9.17) is 0 Å². The van der Waals surface area contributed by atoms with E-state index in [1.165, 1.54) is 27.8 Å².